The van der Waals surface area contributed by atoms with Crippen LogP contribution in [-0.4, -0.2) is 13.7 Å². The Kier molecular flexibility index (Phi) is 5.40. The molecular formula is C12H16ClNO. The van der Waals surface area contributed by atoms with Crippen molar-refractivity contribution in [2.24, 2.45) is 0 Å². The Hall–Kier alpha value is -0.830. The van der Waals surface area contributed by atoms with Crippen LogP contribution in [0.3, 0.4) is 0 Å². The molecule has 0 unspecified atom stereocenters. The van der Waals surface area contributed by atoms with Crippen LogP contribution in [0.1, 0.15) is 11.1 Å². The van der Waals surface area contributed by atoms with E-state index in [0.29, 0.717) is 18.2 Å². The van der Waals surface area contributed by atoms with Gasteiger partial charge in [0.1, 0.15) is 0 Å². The van der Waals surface area contributed by atoms with Gasteiger partial charge in [-0.2, -0.15) is 0 Å². The van der Waals surface area contributed by atoms with E-state index in [9.17, 15) is 0 Å². The maximum absolute atomic E-state index is 5.66. The normalized spacial score (nSPS) is 10.3. The summed E-state index contributed by atoms with van der Waals surface area (Å²) < 4.78 is 5.12. The summed E-state index contributed by atoms with van der Waals surface area (Å²) in [6.45, 7) is 5.67. The van der Waals surface area contributed by atoms with Gasteiger partial charge in [0.15, 0.2) is 0 Å². The van der Waals surface area contributed by atoms with Crippen LogP contribution in [0.15, 0.2) is 35.9 Å². The predicted octanol–water partition coefficient (Wildman–Crippen LogP) is 2.68. The molecule has 1 aromatic rings. The van der Waals surface area contributed by atoms with E-state index < -0.39 is 0 Å². The molecule has 2 nitrogen and oxygen atoms in total. The van der Waals surface area contributed by atoms with Gasteiger partial charge in [-0.15, -0.1) is 0 Å². The highest BCUT2D eigenvalue weighted by Crippen LogP contribution is 2.09. The monoisotopic (exact) mass is 225 g/mol. The fourth-order valence-electron chi connectivity index (χ4n) is 1.36. The molecule has 0 aliphatic heterocycles. The summed E-state index contributed by atoms with van der Waals surface area (Å²) in [4.78, 5) is 0. The first kappa shape index (κ1) is 12.2. The van der Waals surface area contributed by atoms with Crippen molar-refractivity contribution in [3.63, 3.8) is 0 Å². The molecule has 0 saturated heterocycles. The van der Waals surface area contributed by atoms with Crippen molar-refractivity contribution >= 4 is 11.6 Å². The second-order valence-corrected chi connectivity index (χ2v) is 3.86. The van der Waals surface area contributed by atoms with Crippen molar-refractivity contribution in [3.05, 3.63) is 47.0 Å². The van der Waals surface area contributed by atoms with Crippen LogP contribution >= 0.6 is 11.6 Å². The molecule has 0 spiro atoms. The lowest BCUT2D eigenvalue weighted by Crippen LogP contribution is -2.15. The van der Waals surface area contributed by atoms with Crippen LogP contribution in [0.4, 0.5) is 0 Å². The zero-order chi connectivity index (χ0) is 11.1. The van der Waals surface area contributed by atoms with E-state index in [1.807, 2.05) is 12.1 Å². The molecule has 0 heterocycles. The minimum atomic E-state index is 0.624. The summed E-state index contributed by atoms with van der Waals surface area (Å²) in [7, 11) is 1.70. The van der Waals surface area contributed by atoms with Crippen LogP contribution in [0.25, 0.3) is 0 Å². The lowest BCUT2D eigenvalue weighted by molar-refractivity contribution is 0.184. The lowest BCUT2D eigenvalue weighted by atomic mass is 10.1. The molecule has 0 amide bonds. The molecule has 0 aliphatic rings. The summed E-state index contributed by atoms with van der Waals surface area (Å²) in [5.41, 5.74) is 2.44. The zero-order valence-electron chi connectivity index (χ0n) is 8.92. The Morgan fingerprint density at radius 3 is 2.67 bits per heavy atom. The van der Waals surface area contributed by atoms with E-state index in [4.69, 9.17) is 16.3 Å². The molecule has 1 rings (SSSR count). The van der Waals surface area contributed by atoms with Crippen molar-refractivity contribution in [3.8, 4) is 0 Å². The minimum Gasteiger partial charge on any atom is -0.380 e. The number of ether oxygens (including phenoxy) is 1. The Bertz CT molecular complexity index is 325. The summed E-state index contributed by atoms with van der Waals surface area (Å²) in [5.74, 6) is 0. The standard InChI is InChI=1S/C12H16ClNO/c1-10(13)7-14-8-11-5-3-4-6-12(11)9-15-2/h3-6,14H,1,7-9H2,2H3. The van der Waals surface area contributed by atoms with Gasteiger partial charge in [-0.1, -0.05) is 42.4 Å². The molecule has 0 aromatic heterocycles. The van der Waals surface area contributed by atoms with E-state index in [2.05, 4.69) is 24.0 Å². The van der Waals surface area contributed by atoms with Crippen molar-refractivity contribution in [2.45, 2.75) is 13.2 Å². The average Bonchev–Trinajstić information content (AvgIpc) is 2.20. The third kappa shape index (κ3) is 4.47. The number of benzene rings is 1. The van der Waals surface area contributed by atoms with E-state index in [0.717, 1.165) is 6.54 Å². The van der Waals surface area contributed by atoms with Crippen molar-refractivity contribution < 1.29 is 4.74 Å². The maximum atomic E-state index is 5.66. The number of nitrogens with one attached hydrogen (secondary N) is 1. The van der Waals surface area contributed by atoms with Gasteiger partial charge < -0.3 is 10.1 Å². The first-order chi connectivity index (χ1) is 7.24. The molecule has 1 aromatic carbocycles. The van der Waals surface area contributed by atoms with Crippen molar-refractivity contribution in [1.82, 2.24) is 5.32 Å². The van der Waals surface area contributed by atoms with Crippen molar-refractivity contribution in [2.75, 3.05) is 13.7 Å². The molecular weight excluding hydrogens is 210 g/mol. The number of rotatable bonds is 6. The SMILES string of the molecule is C=C(Cl)CNCc1ccccc1COC. The van der Waals surface area contributed by atoms with Gasteiger partial charge in [0.2, 0.25) is 0 Å². The van der Waals surface area contributed by atoms with Gasteiger partial charge >= 0.3 is 0 Å². The second-order valence-electron chi connectivity index (χ2n) is 3.32. The molecule has 0 bridgehead atoms. The number of halogens is 1. The maximum Gasteiger partial charge on any atom is 0.0716 e. The minimum absolute atomic E-state index is 0.624. The fourth-order valence-corrected chi connectivity index (χ4v) is 1.45. The van der Waals surface area contributed by atoms with Gasteiger partial charge in [-0.05, 0) is 11.1 Å². The number of hydrogen-bond acceptors (Lipinski definition) is 2. The first-order valence-electron chi connectivity index (χ1n) is 4.83. The van der Waals surface area contributed by atoms with E-state index in [-0.39, 0.29) is 0 Å². The quantitative estimate of drug-likeness (QED) is 0.804. The zero-order valence-corrected chi connectivity index (χ0v) is 9.68. The third-order valence-corrected chi connectivity index (χ3v) is 2.18. The first-order valence-corrected chi connectivity index (χ1v) is 5.21. The van der Waals surface area contributed by atoms with Crippen LogP contribution in [-0.2, 0) is 17.9 Å². The second kappa shape index (κ2) is 6.62. The molecule has 15 heavy (non-hydrogen) atoms. The summed E-state index contributed by atoms with van der Waals surface area (Å²) >= 11 is 5.66. The Morgan fingerprint density at radius 2 is 2.07 bits per heavy atom. The summed E-state index contributed by atoms with van der Waals surface area (Å²) in [5, 5.41) is 3.84. The summed E-state index contributed by atoms with van der Waals surface area (Å²) in [6, 6.07) is 8.18. The van der Waals surface area contributed by atoms with Gasteiger partial charge in [0, 0.05) is 25.2 Å². The summed E-state index contributed by atoms with van der Waals surface area (Å²) in [6.07, 6.45) is 0. The van der Waals surface area contributed by atoms with Crippen LogP contribution < -0.4 is 5.32 Å². The number of methoxy groups -OCH3 is 1. The predicted molar refractivity (Wildman–Crippen MR) is 63.9 cm³/mol. The lowest BCUT2D eigenvalue weighted by Gasteiger charge is -2.09. The smallest absolute Gasteiger partial charge is 0.0716 e. The van der Waals surface area contributed by atoms with E-state index in [1.54, 1.807) is 7.11 Å². The Morgan fingerprint density at radius 1 is 1.40 bits per heavy atom. The topological polar surface area (TPSA) is 21.3 Å². The third-order valence-electron chi connectivity index (χ3n) is 2.05. The molecule has 82 valence electrons. The van der Waals surface area contributed by atoms with Crippen LogP contribution in [0.5, 0.6) is 0 Å². The Labute approximate surface area is 95.9 Å². The highest BCUT2D eigenvalue weighted by Gasteiger charge is 2.00. The average molecular weight is 226 g/mol. The Balaban J connectivity index is 2.55. The van der Waals surface area contributed by atoms with Gasteiger partial charge in [0.05, 0.1) is 6.61 Å². The van der Waals surface area contributed by atoms with Crippen LogP contribution in [0, 0.1) is 0 Å². The molecule has 0 atom stereocenters. The molecule has 0 fully saturated rings. The van der Waals surface area contributed by atoms with Gasteiger partial charge in [-0.3, -0.25) is 0 Å². The van der Waals surface area contributed by atoms with E-state index >= 15 is 0 Å². The molecule has 1 N–H and O–H groups in total. The number of hydrogen-bond donors (Lipinski definition) is 1. The largest absolute Gasteiger partial charge is 0.380 e. The van der Waals surface area contributed by atoms with Crippen molar-refractivity contribution in [1.29, 1.82) is 0 Å². The van der Waals surface area contributed by atoms with Gasteiger partial charge in [0.25, 0.3) is 0 Å². The highest BCUT2D eigenvalue weighted by molar-refractivity contribution is 6.29. The highest BCUT2D eigenvalue weighted by atomic mass is 35.5. The molecule has 0 saturated carbocycles. The van der Waals surface area contributed by atoms with E-state index in [1.165, 1.54) is 11.1 Å². The molecule has 0 radical (unpaired) electrons. The molecule has 3 heteroatoms. The van der Waals surface area contributed by atoms with Gasteiger partial charge in [-0.25, -0.2) is 0 Å². The fraction of sp³-hybridized carbons (Fsp3) is 0.333. The molecule has 0 aliphatic carbocycles. The van der Waals surface area contributed by atoms with Crippen LogP contribution in [0.2, 0.25) is 0 Å².